The average Bonchev–Trinajstić information content (AvgIpc) is 2.64. The first-order chi connectivity index (χ1) is 13.0. The topological polar surface area (TPSA) is 64.6 Å². The number of nitrogens with one attached hydrogen (secondary N) is 1. The van der Waals surface area contributed by atoms with Gasteiger partial charge in [0.05, 0.1) is 19.3 Å². The number of esters is 2. The molecule has 0 fully saturated rings. The molecule has 0 amide bonds. The summed E-state index contributed by atoms with van der Waals surface area (Å²) in [6, 6.07) is 12.1. The van der Waals surface area contributed by atoms with E-state index in [1.165, 1.54) is 24.3 Å². The first kappa shape index (κ1) is 20.9. The van der Waals surface area contributed by atoms with Gasteiger partial charge in [-0.1, -0.05) is 28.1 Å². The molecule has 7 heteroatoms. The number of hydrogen-bond acceptors (Lipinski definition) is 5. The average molecular weight is 438 g/mol. The van der Waals surface area contributed by atoms with Gasteiger partial charge in [0.2, 0.25) is 0 Å². The summed E-state index contributed by atoms with van der Waals surface area (Å²) in [5.41, 5.74) is 1.25. The van der Waals surface area contributed by atoms with E-state index in [2.05, 4.69) is 21.2 Å². The zero-order valence-corrected chi connectivity index (χ0v) is 16.7. The number of hydrogen-bond donors (Lipinski definition) is 1. The lowest BCUT2D eigenvalue weighted by molar-refractivity contribution is -0.162. The molecule has 0 aliphatic heterocycles. The Morgan fingerprint density at radius 1 is 0.963 bits per heavy atom. The molecule has 5 nitrogen and oxygen atoms in total. The van der Waals surface area contributed by atoms with Gasteiger partial charge < -0.3 is 14.8 Å². The van der Waals surface area contributed by atoms with Gasteiger partial charge in [0.1, 0.15) is 5.82 Å². The van der Waals surface area contributed by atoms with Crippen molar-refractivity contribution in [3.05, 3.63) is 64.4 Å². The maximum absolute atomic E-state index is 13.2. The van der Waals surface area contributed by atoms with Gasteiger partial charge in [-0.15, -0.1) is 0 Å². The van der Waals surface area contributed by atoms with E-state index in [0.29, 0.717) is 11.3 Å². The molecule has 2 aromatic carbocycles. The normalized spacial score (nSPS) is 11.7. The van der Waals surface area contributed by atoms with Crippen molar-refractivity contribution >= 4 is 33.6 Å². The van der Waals surface area contributed by atoms with Crippen LogP contribution in [0.2, 0.25) is 0 Å². The molecule has 0 saturated carbocycles. The van der Waals surface area contributed by atoms with Crippen molar-refractivity contribution in [2.75, 3.05) is 18.5 Å². The van der Waals surface area contributed by atoms with Crippen LogP contribution >= 0.6 is 15.9 Å². The summed E-state index contributed by atoms with van der Waals surface area (Å²) >= 11 is 3.37. The highest BCUT2D eigenvalue weighted by molar-refractivity contribution is 9.10. The number of anilines is 1. The standard InChI is InChI=1S/C20H21BrFNO4/c1-3-26-19(24)17(20(25)27-4-2)18(13-5-7-14(21)8-6-13)23-16-11-9-15(22)10-12-16/h5-12,17-18,23H,3-4H2,1-2H3. The van der Waals surface area contributed by atoms with E-state index in [4.69, 9.17) is 9.47 Å². The lowest BCUT2D eigenvalue weighted by Gasteiger charge is -2.26. The van der Waals surface area contributed by atoms with Crippen molar-refractivity contribution in [3.63, 3.8) is 0 Å². The van der Waals surface area contributed by atoms with Crippen LogP contribution in [-0.2, 0) is 19.1 Å². The summed E-state index contributed by atoms with van der Waals surface area (Å²) < 4.78 is 24.3. The maximum atomic E-state index is 13.2. The highest BCUT2D eigenvalue weighted by Gasteiger charge is 2.38. The van der Waals surface area contributed by atoms with Gasteiger partial charge in [0, 0.05) is 10.2 Å². The molecule has 0 aliphatic rings. The molecule has 0 aromatic heterocycles. The first-order valence-corrected chi connectivity index (χ1v) is 9.36. The van der Waals surface area contributed by atoms with Gasteiger partial charge >= 0.3 is 11.9 Å². The predicted molar refractivity (Wildman–Crippen MR) is 104 cm³/mol. The Labute approximate surface area is 166 Å². The third-order valence-electron chi connectivity index (χ3n) is 3.81. The van der Waals surface area contributed by atoms with E-state index in [-0.39, 0.29) is 19.0 Å². The molecule has 2 rings (SSSR count). The SMILES string of the molecule is CCOC(=O)C(C(=O)OCC)C(Nc1ccc(F)cc1)c1ccc(Br)cc1. The van der Waals surface area contributed by atoms with E-state index in [0.717, 1.165) is 4.47 Å². The molecule has 0 bridgehead atoms. The molecule has 2 aromatic rings. The van der Waals surface area contributed by atoms with Crippen molar-refractivity contribution in [1.82, 2.24) is 0 Å². The second-order valence-corrected chi connectivity index (χ2v) is 6.58. The van der Waals surface area contributed by atoms with Crippen LogP contribution in [0.1, 0.15) is 25.5 Å². The summed E-state index contributed by atoms with van der Waals surface area (Å²) in [5, 5.41) is 3.14. The van der Waals surface area contributed by atoms with Crippen LogP contribution in [0.4, 0.5) is 10.1 Å². The van der Waals surface area contributed by atoms with Gasteiger partial charge in [-0.2, -0.15) is 0 Å². The van der Waals surface area contributed by atoms with Gasteiger partial charge in [-0.3, -0.25) is 9.59 Å². The molecule has 0 radical (unpaired) electrons. The molecule has 1 N–H and O–H groups in total. The van der Waals surface area contributed by atoms with Crippen molar-refractivity contribution in [1.29, 1.82) is 0 Å². The minimum Gasteiger partial charge on any atom is -0.465 e. The van der Waals surface area contributed by atoms with Crippen LogP contribution in [0.5, 0.6) is 0 Å². The van der Waals surface area contributed by atoms with E-state index >= 15 is 0 Å². The van der Waals surface area contributed by atoms with E-state index in [9.17, 15) is 14.0 Å². The molecule has 1 atom stereocenters. The highest BCUT2D eigenvalue weighted by Crippen LogP contribution is 2.30. The Kier molecular flexibility index (Phi) is 7.79. The highest BCUT2D eigenvalue weighted by atomic mass is 79.9. The zero-order chi connectivity index (χ0) is 19.8. The lowest BCUT2D eigenvalue weighted by atomic mass is 9.92. The number of carbonyl (C=O) groups excluding carboxylic acids is 2. The second-order valence-electron chi connectivity index (χ2n) is 5.66. The number of benzene rings is 2. The Balaban J connectivity index is 2.45. The molecule has 0 saturated heterocycles. The molecule has 144 valence electrons. The summed E-state index contributed by atoms with van der Waals surface area (Å²) in [4.78, 5) is 25.1. The smallest absolute Gasteiger partial charge is 0.322 e. The number of rotatable bonds is 8. The van der Waals surface area contributed by atoms with E-state index in [1.807, 2.05) is 12.1 Å². The zero-order valence-electron chi connectivity index (χ0n) is 15.1. The molecular formula is C20H21BrFNO4. The molecule has 0 heterocycles. The van der Waals surface area contributed by atoms with Crippen LogP contribution in [0.15, 0.2) is 53.0 Å². The predicted octanol–water partition coefficient (Wildman–Crippen LogP) is 4.48. The van der Waals surface area contributed by atoms with E-state index in [1.54, 1.807) is 26.0 Å². The maximum Gasteiger partial charge on any atom is 0.322 e. The van der Waals surface area contributed by atoms with Gasteiger partial charge in [0.15, 0.2) is 5.92 Å². The van der Waals surface area contributed by atoms with Crippen LogP contribution < -0.4 is 5.32 Å². The summed E-state index contributed by atoms with van der Waals surface area (Å²) in [5.74, 6) is -2.96. The summed E-state index contributed by atoms with van der Waals surface area (Å²) in [6.07, 6.45) is 0. The third kappa shape index (κ3) is 5.79. The molecule has 0 spiro atoms. The molecule has 1 unspecified atom stereocenters. The van der Waals surface area contributed by atoms with Crippen LogP contribution in [0.25, 0.3) is 0 Å². The largest absolute Gasteiger partial charge is 0.465 e. The van der Waals surface area contributed by atoms with E-state index < -0.39 is 23.9 Å². The Bertz CT molecular complexity index is 747. The monoisotopic (exact) mass is 437 g/mol. The van der Waals surface area contributed by atoms with Crippen LogP contribution in [0.3, 0.4) is 0 Å². The Hall–Kier alpha value is -2.41. The third-order valence-corrected chi connectivity index (χ3v) is 4.34. The Morgan fingerprint density at radius 3 is 1.96 bits per heavy atom. The Morgan fingerprint density at radius 2 is 1.48 bits per heavy atom. The molecular weight excluding hydrogens is 417 g/mol. The number of ether oxygens (including phenoxy) is 2. The first-order valence-electron chi connectivity index (χ1n) is 8.57. The van der Waals surface area contributed by atoms with Crippen LogP contribution in [-0.4, -0.2) is 25.2 Å². The number of halogens is 2. The fourth-order valence-corrected chi connectivity index (χ4v) is 2.85. The van der Waals surface area contributed by atoms with Crippen molar-refractivity contribution in [2.24, 2.45) is 5.92 Å². The second kappa shape index (κ2) is 10.1. The molecule has 0 aliphatic carbocycles. The summed E-state index contributed by atoms with van der Waals surface area (Å²) in [6.45, 7) is 3.61. The van der Waals surface area contributed by atoms with Gasteiger partial charge in [-0.25, -0.2) is 4.39 Å². The number of carbonyl (C=O) groups is 2. The van der Waals surface area contributed by atoms with Crippen LogP contribution in [0, 0.1) is 11.7 Å². The quantitative estimate of drug-likeness (QED) is 0.486. The lowest BCUT2D eigenvalue weighted by Crippen LogP contribution is -2.36. The minimum atomic E-state index is -1.21. The van der Waals surface area contributed by atoms with Gasteiger partial charge in [0.25, 0.3) is 0 Å². The fraction of sp³-hybridized carbons (Fsp3) is 0.300. The molecule has 27 heavy (non-hydrogen) atoms. The van der Waals surface area contributed by atoms with Gasteiger partial charge in [-0.05, 0) is 55.8 Å². The summed E-state index contributed by atoms with van der Waals surface area (Å²) in [7, 11) is 0. The van der Waals surface area contributed by atoms with Crippen molar-refractivity contribution in [3.8, 4) is 0 Å². The van der Waals surface area contributed by atoms with Crippen molar-refractivity contribution in [2.45, 2.75) is 19.9 Å². The van der Waals surface area contributed by atoms with Crippen molar-refractivity contribution < 1.29 is 23.5 Å². The fourth-order valence-electron chi connectivity index (χ4n) is 2.59. The minimum absolute atomic E-state index is 0.137.